The van der Waals surface area contributed by atoms with Gasteiger partial charge < -0.3 is 5.11 Å². The summed E-state index contributed by atoms with van der Waals surface area (Å²) in [7, 11) is 0. The SMILES string of the molecule is O=C1[C@H]2[C@@H]3C[C@@H]4[C@@H]5C(O)[C@](Cl)([C@@H]42)[C@H]1[C@@H]35. The molecule has 0 aromatic rings. The summed E-state index contributed by atoms with van der Waals surface area (Å²) >= 11 is 6.58. The van der Waals surface area contributed by atoms with Gasteiger partial charge in [0.15, 0.2) is 0 Å². The number of ketones is 1. The maximum absolute atomic E-state index is 12.1. The largest absolute Gasteiger partial charge is 0.391 e. The van der Waals surface area contributed by atoms with Crippen LogP contribution in [0.3, 0.4) is 0 Å². The number of rotatable bonds is 0. The Bertz CT molecular complexity index is 393. The molecule has 0 aromatic carbocycles. The number of aliphatic hydroxyl groups excluding tert-OH is 1. The highest BCUT2D eigenvalue weighted by Gasteiger charge is 2.89. The van der Waals surface area contributed by atoms with Gasteiger partial charge in [0.2, 0.25) is 0 Å². The molecule has 0 amide bonds. The Morgan fingerprint density at radius 3 is 2.86 bits per heavy atom. The van der Waals surface area contributed by atoms with Crippen LogP contribution in [0, 0.1) is 41.4 Å². The van der Waals surface area contributed by atoms with E-state index in [4.69, 9.17) is 11.6 Å². The van der Waals surface area contributed by atoms with Gasteiger partial charge in [0.1, 0.15) is 5.78 Å². The quantitative estimate of drug-likeness (QED) is 0.597. The maximum Gasteiger partial charge on any atom is 0.141 e. The molecule has 2 nitrogen and oxygen atoms in total. The zero-order valence-corrected chi connectivity index (χ0v) is 8.32. The molecule has 6 fully saturated rings. The molecule has 0 aliphatic heterocycles. The third-order valence-corrected chi connectivity index (χ3v) is 6.82. The minimum absolute atomic E-state index is 0.0305. The lowest BCUT2D eigenvalue weighted by atomic mass is 9.71. The lowest BCUT2D eigenvalue weighted by Crippen LogP contribution is -2.42. The number of aliphatic hydroxyl groups is 1. The zero-order chi connectivity index (χ0) is 9.40. The Hall–Kier alpha value is -0.0800. The van der Waals surface area contributed by atoms with E-state index < -0.39 is 4.87 Å². The second kappa shape index (κ2) is 1.60. The van der Waals surface area contributed by atoms with Gasteiger partial charge in [0.25, 0.3) is 0 Å². The van der Waals surface area contributed by atoms with Crippen molar-refractivity contribution in [3.8, 4) is 0 Å². The number of hydrogen-bond donors (Lipinski definition) is 1. The van der Waals surface area contributed by atoms with Gasteiger partial charge in [-0.05, 0) is 36.0 Å². The first-order valence-electron chi connectivity index (χ1n) is 5.58. The van der Waals surface area contributed by atoms with Gasteiger partial charge in [0.05, 0.1) is 11.0 Å². The maximum atomic E-state index is 12.1. The summed E-state index contributed by atoms with van der Waals surface area (Å²) < 4.78 is 0. The molecule has 3 heteroatoms. The van der Waals surface area contributed by atoms with Gasteiger partial charge in [-0.25, -0.2) is 0 Å². The molecule has 0 aromatic heterocycles. The van der Waals surface area contributed by atoms with E-state index in [0.29, 0.717) is 35.4 Å². The van der Waals surface area contributed by atoms with Crippen LogP contribution < -0.4 is 0 Å². The molecule has 6 aliphatic carbocycles. The van der Waals surface area contributed by atoms with Crippen molar-refractivity contribution in [1.29, 1.82) is 0 Å². The number of hydrogen-bond acceptors (Lipinski definition) is 2. The molecule has 6 bridgehead atoms. The van der Waals surface area contributed by atoms with Gasteiger partial charge in [0, 0.05) is 11.8 Å². The lowest BCUT2D eigenvalue weighted by Gasteiger charge is -2.36. The average molecular weight is 211 g/mol. The summed E-state index contributed by atoms with van der Waals surface area (Å²) in [6, 6.07) is 0. The van der Waals surface area contributed by atoms with Crippen LogP contribution in [0.25, 0.3) is 0 Å². The van der Waals surface area contributed by atoms with Crippen LogP contribution in [-0.4, -0.2) is 21.9 Å². The standard InChI is InChI=1S/C11H11ClO2/c12-11-7-3-1-2-4(5(3)10(11)14)8(11)9(13)6(2)7/h2-8,10,14H,1H2/t2-,3-,4+,5+,6+,7+,8+,10?,11+/m1/s1. The van der Waals surface area contributed by atoms with Crippen molar-refractivity contribution in [1.82, 2.24) is 0 Å². The van der Waals surface area contributed by atoms with E-state index >= 15 is 0 Å². The van der Waals surface area contributed by atoms with E-state index in [1.807, 2.05) is 0 Å². The fraction of sp³-hybridized carbons (Fsp3) is 0.909. The molecule has 6 aliphatic rings. The minimum Gasteiger partial charge on any atom is -0.391 e. The van der Waals surface area contributed by atoms with Crippen LogP contribution >= 0.6 is 11.6 Å². The van der Waals surface area contributed by atoms with Crippen LogP contribution in [0.15, 0.2) is 0 Å². The Labute approximate surface area is 86.6 Å². The summed E-state index contributed by atoms with van der Waals surface area (Å²) in [5.74, 6) is 3.08. The predicted molar refractivity (Wildman–Crippen MR) is 48.6 cm³/mol. The van der Waals surface area contributed by atoms with Crippen LogP contribution in [0.1, 0.15) is 6.42 Å². The minimum atomic E-state index is -0.519. The van der Waals surface area contributed by atoms with Crippen molar-refractivity contribution < 1.29 is 9.90 Å². The molecule has 0 spiro atoms. The number of alkyl halides is 1. The van der Waals surface area contributed by atoms with E-state index in [-0.39, 0.29) is 17.9 Å². The monoisotopic (exact) mass is 210 g/mol. The first-order chi connectivity index (χ1) is 6.67. The highest BCUT2D eigenvalue weighted by Crippen LogP contribution is 2.84. The van der Waals surface area contributed by atoms with Gasteiger partial charge in [-0.1, -0.05) is 0 Å². The molecule has 14 heavy (non-hydrogen) atoms. The zero-order valence-electron chi connectivity index (χ0n) is 7.56. The van der Waals surface area contributed by atoms with E-state index in [1.165, 1.54) is 6.42 Å². The Balaban J connectivity index is 1.92. The highest BCUT2D eigenvalue weighted by atomic mass is 35.5. The fourth-order valence-corrected chi connectivity index (χ4v) is 6.90. The van der Waals surface area contributed by atoms with Crippen molar-refractivity contribution in [3.05, 3.63) is 0 Å². The van der Waals surface area contributed by atoms with Crippen molar-refractivity contribution in [2.75, 3.05) is 0 Å². The lowest BCUT2D eigenvalue weighted by molar-refractivity contribution is -0.122. The summed E-state index contributed by atoms with van der Waals surface area (Å²) in [6.45, 7) is 0. The first kappa shape index (κ1) is 7.24. The molecule has 1 unspecified atom stereocenters. The van der Waals surface area contributed by atoms with Gasteiger partial charge >= 0.3 is 0 Å². The topological polar surface area (TPSA) is 37.3 Å². The van der Waals surface area contributed by atoms with Gasteiger partial charge in [-0.15, -0.1) is 11.6 Å². The molecule has 0 saturated heterocycles. The molecule has 0 heterocycles. The van der Waals surface area contributed by atoms with E-state index in [9.17, 15) is 9.90 Å². The van der Waals surface area contributed by atoms with Crippen molar-refractivity contribution in [3.63, 3.8) is 0 Å². The summed E-state index contributed by atoms with van der Waals surface area (Å²) in [5, 5.41) is 10.2. The normalized spacial score (nSPS) is 80.3. The second-order valence-electron chi connectivity index (χ2n) is 5.92. The van der Waals surface area contributed by atoms with Gasteiger partial charge in [-0.3, -0.25) is 4.79 Å². The van der Waals surface area contributed by atoms with Crippen LogP contribution in [0.5, 0.6) is 0 Å². The van der Waals surface area contributed by atoms with Crippen molar-refractivity contribution in [2.24, 2.45) is 41.4 Å². The second-order valence-corrected chi connectivity index (χ2v) is 6.58. The third-order valence-electron chi connectivity index (χ3n) is 6.11. The Morgan fingerprint density at radius 1 is 1.36 bits per heavy atom. The molecular weight excluding hydrogens is 200 g/mol. The average Bonchev–Trinajstić information content (AvgIpc) is 2.81. The molecule has 1 N–H and O–H groups in total. The number of carbonyl (C=O) groups is 1. The smallest absolute Gasteiger partial charge is 0.141 e. The molecule has 6 rings (SSSR count). The van der Waals surface area contributed by atoms with E-state index in [2.05, 4.69) is 0 Å². The summed E-state index contributed by atoms with van der Waals surface area (Å²) in [6.07, 6.45) is 0.800. The number of Topliss-reactive ketones (excluding diaryl/α,β-unsaturated/α-hetero) is 1. The Morgan fingerprint density at radius 2 is 2.14 bits per heavy atom. The molecular formula is C11H11ClO2. The van der Waals surface area contributed by atoms with Crippen LogP contribution in [0.2, 0.25) is 0 Å². The van der Waals surface area contributed by atoms with Crippen LogP contribution in [-0.2, 0) is 4.79 Å². The van der Waals surface area contributed by atoms with Crippen molar-refractivity contribution in [2.45, 2.75) is 17.4 Å². The van der Waals surface area contributed by atoms with Crippen molar-refractivity contribution >= 4 is 17.4 Å². The fourth-order valence-electron chi connectivity index (χ4n) is 6.20. The van der Waals surface area contributed by atoms with Gasteiger partial charge in [-0.2, -0.15) is 0 Å². The Kier molecular flexibility index (Phi) is 0.825. The third kappa shape index (κ3) is 0.371. The predicted octanol–water partition coefficient (Wildman–Crippen LogP) is 0.665. The number of halogens is 1. The molecule has 74 valence electrons. The highest BCUT2D eigenvalue weighted by molar-refractivity contribution is 6.29. The molecule has 9 atom stereocenters. The molecule has 0 radical (unpaired) electrons. The summed E-state index contributed by atoms with van der Waals surface area (Å²) in [4.78, 5) is 11.5. The number of carbonyl (C=O) groups excluding carboxylic acids is 1. The van der Waals surface area contributed by atoms with E-state index in [0.717, 1.165) is 0 Å². The summed E-state index contributed by atoms with van der Waals surface area (Å²) in [5.41, 5.74) is 0. The van der Waals surface area contributed by atoms with E-state index in [1.54, 1.807) is 0 Å². The first-order valence-corrected chi connectivity index (χ1v) is 5.96. The molecule has 6 saturated carbocycles. The van der Waals surface area contributed by atoms with Crippen LogP contribution in [0.4, 0.5) is 0 Å².